The number of hydrogen-bond acceptors (Lipinski definition) is 5. The summed E-state index contributed by atoms with van der Waals surface area (Å²) >= 11 is 0. The number of imidazole rings is 1. The Balaban J connectivity index is 2.28. The molecule has 0 aromatic carbocycles. The Morgan fingerprint density at radius 1 is 1.38 bits per heavy atom. The van der Waals surface area contributed by atoms with Gasteiger partial charge in [-0.15, -0.1) is 6.58 Å². The fraction of sp³-hybridized carbons (Fsp3) is 0.462. The molecular weight excluding hydrogens is 274 g/mol. The summed E-state index contributed by atoms with van der Waals surface area (Å²) in [6.45, 7) is 6.81. The number of allylic oxidation sites excluding steroid dienone is 1. The van der Waals surface area contributed by atoms with Crippen LogP contribution in [0.4, 0.5) is 5.95 Å². The Kier molecular flexibility index (Phi) is 3.38. The molecule has 8 nitrogen and oxygen atoms in total. The van der Waals surface area contributed by atoms with Crippen LogP contribution in [0.1, 0.15) is 0 Å². The monoisotopic (exact) mass is 291 g/mol. The molecule has 0 atom stereocenters. The van der Waals surface area contributed by atoms with Gasteiger partial charge in [0, 0.05) is 26.7 Å². The maximum absolute atomic E-state index is 12.1. The molecule has 1 N–H and O–H groups in total. The molecule has 0 bridgehead atoms. The molecule has 1 aliphatic rings. The maximum atomic E-state index is 12.1. The molecule has 2 aromatic rings. The smallest absolute Gasteiger partial charge is 0.329 e. The number of nitrogens with one attached hydrogen (secondary N) is 1. The van der Waals surface area contributed by atoms with E-state index in [4.69, 9.17) is 4.74 Å². The maximum Gasteiger partial charge on any atom is 0.329 e. The van der Waals surface area contributed by atoms with Crippen LogP contribution in [0.25, 0.3) is 11.2 Å². The Labute approximate surface area is 120 Å². The zero-order valence-electron chi connectivity index (χ0n) is 11.8. The molecule has 2 aromatic heterocycles. The predicted octanol–water partition coefficient (Wildman–Crippen LogP) is -0.554. The van der Waals surface area contributed by atoms with E-state index in [0.29, 0.717) is 50.0 Å². The molecular formula is C13H17N5O3. The predicted molar refractivity (Wildman–Crippen MR) is 78.8 cm³/mol. The van der Waals surface area contributed by atoms with Crippen molar-refractivity contribution in [3.8, 4) is 0 Å². The molecule has 1 fully saturated rings. The van der Waals surface area contributed by atoms with E-state index in [1.165, 1.54) is 4.57 Å². The van der Waals surface area contributed by atoms with Gasteiger partial charge >= 0.3 is 5.69 Å². The highest BCUT2D eigenvalue weighted by Gasteiger charge is 2.22. The van der Waals surface area contributed by atoms with E-state index in [2.05, 4.69) is 21.4 Å². The molecule has 21 heavy (non-hydrogen) atoms. The quantitative estimate of drug-likeness (QED) is 0.767. The van der Waals surface area contributed by atoms with Gasteiger partial charge in [0.1, 0.15) is 0 Å². The van der Waals surface area contributed by atoms with Crippen molar-refractivity contribution in [2.75, 3.05) is 31.2 Å². The fourth-order valence-electron chi connectivity index (χ4n) is 2.53. The second-order valence-electron chi connectivity index (χ2n) is 4.90. The van der Waals surface area contributed by atoms with Gasteiger partial charge < -0.3 is 14.2 Å². The molecule has 0 radical (unpaired) electrons. The van der Waals surface area contributed by atoms with Crippen molar-refractivity contribution < 1.29 is 4.74 Å². The summed E-state index contributed by atoms with van der Waals surface area (Å²) < 4.78 is 8.47. The molecule has 0 saturated carbocycles. The number of hydrogen-bond donors (Lipinski definition) is 1. The van der Waals surface area contributed by atoms with Gasteiger partial charge in [0.15, 0.2) is 11.2 Å². The lowest BCUT2D eigenvalue weighted by molar-refractivity contribution is 0.121. The zero-order valence-corrected chi connectivity index (χ0v) is 11.8. The minimum atomic E-state index is -0.468. The van der Waals surface area contributed by atoms with Crippen molar-refractivity contribution in [1.29, 1.82) is 0 Å². The second-order valence-corrected chi connectivity index (χ2v) is 4.90. The number of ether oxygens (including phenoxy) is 1. The van der Waals surface area contributed by atoms with Crippen LogP contribution in [0.2, 0.25) is 0 Å². The summed E-state index contributed by atoms with van der Waals surface area (Å²) in [5.41, 5.74) is -0.128. The summed E-state index contributed by atoms with van der Waals surface area (Å²) in [6.07, 6.45) is 1.70. The van der Waals surface area contributed by atoms with Crippen LogP contribution in [-0.2, 0) is 18.3 Å². The first-order valence-electron chi connectivity index (χ1n) is 6.76. The topological polar surface area (TPSA) is 85.2 Å². The minimum Gasteiger partial charge on any atom is -0.378 e. The Bertz CT molecular complexity index is 794. The first-order chi connectivity index (χ1) is 10.1. The Morgan fingerprint density at radius 2 is 2.10 bits per heavy atom. The largest absolute Gasteiger partial charge is 0.378 e. The number of aromatic nitrogens is 4. The summed E-state index contributed by atoms with van der Waals surface area (Å²) in [4.78, 5) is 32.7. The van der Waals surface area contributed by atoms with Gasteiger partial charge in [0.05, 0.1) is 13.2 Å². The summed E-state index contributed by atoms with van der Waals surface area (Å²) in [5.74, 6) is 0.667. The third kappa shape index (κ3) is 2.17. The first-order valence-corrected chi connectivity index (χ1v) is 6.76. The Morgan fingerprint density at radius 3 is 2.76 bits per heavy atom. The molecule has 0 amide bonds. The highest BCUT2D eigenvalue weighted by Crippen LogP contribution is 2.20. The van der Waals surface area contributed by atoms with Crippen molar-refractivity contribution in [3.63, 3.8) is 0 Å². The standard InChI is InChI=1S/C13H17N5O3/c1-3-4-18-9-10(16(2)13(20)15-11(9)19)14-12(18)17-5-7-21-8-6-17/h3H,1,4-8H2,2H3,(H,15,19,20). The average molecular weight is 291 g/mol. The normalized spacial score (nSPS) is 15.6. The van der Waals surface area contributed by atoms with Crippen molar-refractivity contribution in [1.82, 2.24) is 19.1 Å². The molecule has 0 aliphatic carbocycles. The number of rotatable bonds is 3. The number of aromatic amines is 1. The lowest BCUT2D eigenvalue weighted by Gasteiger charge is -2.27. The summed E-state index contributed by atoms with van der Waals surface area (Å²) in [5, 5.41) is 0. The Hall–Kier alpha value is -2.35. The number of aryl methyl sites for hydroxylation is 1. The first kappa shape index (κ1) is 13.6. The van der Waals surface area contributed by atoms with Gasteiger partial charge in [-0.05, 0) is 0 Å². The van der Waals surface area contributed by atoms with E-state index in [0.717, 1.165) is 0 Å². The van der Waals surface area contributed by atoms with E-state index in [-0.39, 0.29) is 0 Å². The van der Waals surface area contributed by atoms with Gasteiger partial charge in [0.25, 0.3) is 5.56 Å². The van der Waals surface area contributed by atoms with E-state index < -0.39 is 11.2 Å². The van der Waals surface area contributed by atoms with Gasteiger partial charge in [-0.25, -0.2) is 4.79 Å². The third-order valence-electron chi connectivity index (χ3n) is 3.59. The van der Waals surface area contributed by atoms with Crippen LogP contribution >= 0.6 is 0 Å². The molecule has 1 aliphatic heterocycles. The van der Waals surface area contributed by atoms with Gasteiger partial charge in [-0.1, -0.05) is 6.08 Å². The van der Waals surface area contributed by atoms with Crippen molar-refractivity contribution in [3.05, 3.63) is 33.5 Å². The molecule has 0 unspecified atom stereocenters. The zero-order chi connectivity index (χ0) is 15.0. The number of anilines is 1. The van der Waals surface area contributed by atoms with Gasteiger partial charge in [0.2, 0.25) is 5.95 Å². The number of H-pyrrole nitrogens is 1. The third-order valence-corrected chi connectivity index (χ3v) is 3.59. The SMILES string of the molecule is C=CCn1c(N2CCOCC2)nc2c1c(=O)[nH]c(=O)n2C. The molecule has 112 valence electrons. The lowest BCUT2D eigenvalue weighted by atomic mass is 10.4. The van der Waals surface area contributed by atoms with E-state index in [9.17, 15) is 9.59 Å². The average Bonchev–Trinajstić information content (AvgIpc) is 2.86. The molecule has 3 rings (SSSR count). The van der Waals surface area contributed by atoms with E-state index in [1.807, 2.05) is 0 Å². The van der Waals surface area contributed by atoms with Crippen molar-refractivity contribution in [2.24, 2.45) is 7.05 Å². The molecule has 0 spiro atoms. The number of nitrogens with zero attached hydrogens (tertiary/aromatic N) is 4. The lowest BCUT2D eigenvalue weighted by Crippen LogP contribution is -2.38. The fourth-order valence-corrected chi connectivity index (χ4v) is 2.53. The van der Waals surface area contributed by atoms with Crippen LogP contribution in [0.5, 0.6) is 0 Å². The van der Waals surface area contributed by atoms with Crippen molar-refractivity contribution >= 4 is 17.1 Å². The molecule has 8 heteroatoms. The van der Waals surface area contributed by atoms with E-state index in [1.54, 1.807) is 17.7 Å². The van der Waals surface area contributed by atoms with Crippen LogP contribution in [-0.4, -0.2) is 45.4 Å². The van der Waals surface area contributed by atoms with Crippen LogP contribution in [0.3, 0.4) is 0 Å². The number of fused-ring (bicyclic) bond motifs is 1. The van der Waals surface area contributed by atoms with Gasteiger partial charge in [-0.3, -0.25) is 14.3 Å². The van der Waals surface area contributed by atoms with E-state index >= 15 is 0 Å². The molecule has 3 heterocycles. The van der Waals surface area contributed by atoms with Crippen LogP contribution < -0.4 is 16.1 Å². The number of morpholine rings is 1. The minimum absolute atomic E-state index is 0.382. The van der Waals surface area contributed by atoms with Crippen molar-refractivity contribution in [2.45, 2.75) is 6.54 Å². The van der Waals surface area contributed by atoms with Gasteiger partial charge in [-0.2, -0.15) is 4.98 Å². The second kappa shape index (κ2) is 5.21. The summed E-state index contributed by atoms with van der Waals surface area (Å²) in [7, 11) is 1.59. The summed E-state index contributed by atoms with van der Waals surface area (Å²) in [6, 6.07) is 0. The highest BCUT2D eigenvalue weighted by atomic mass is 16.5. The highest BCUT2D eigenvalue weighted by molar-refractivity contribution is 5.74. The molecule has 1 saturated heterocycles. The van der Waals surface area contributed by atoms with Crippen LogP contribution in [0, 0.1) is 0 Å². The van der Waals surface area contributed by atoms with Crippen LogP contribution in [0.15, 0.2) is 22.2 Å².